The van der Waals surface area contributed by atoms with Crippen LogP contribution >= 0.6 is 0 Å². The number of aromatic nitrogens is 1. The molecule has 1 aromatic heterocycles. The highest BCUT2D eigenvalue weighted by atomic mass is 16.3. The minimum atomic E-state index is -0.0173. The number of benzene rings is 1. The Balaban J connectivity index is 2.02. The molecule has 0 aliphatic heterocycles. The standard InChI is InChI=1S/C15H19N3O/c1-16-13-8-14(10-17-9-13)18-15(11-19)7-12-5-3-2-4-6-12/h2-6,8-10,15-16,18-19H,7,11H2,1H3. The van der Waals surface area contributed by atoms with Crippen molar-refractivity contribution in [3.05, 3.63) is 54.4 Å². The van der Waals surface area contributed by atoms with Gasteiger partial charge >= 0.3 is 0 Å². The van der Waals surface area contributed by atoms with Gasteiger partial charge in [-0.05, 0) is 18.1 Å². The molecule has 1 unspecified atom stereocenters. The van der Waals surface area contributed by atoms with Gasteiger partial charge < -0.3 is 15.7 Å². The summed E-state index contributed by atoms with van der Waals surface area (Å²) in [5.41, 5.74) is 3.05. The molecule has 0 radical (unpaired) electrons. The maximum atomic E-state index is 9.48. The van der Waals surface area contributed by atoms with Gasteiger partial charge in [-0.3, -0.25) is 4.98 Å². The van der Waals surface area contributed by atoms with Crippen molar-refractivity contribution >= 4 is 11.4 Å². The monoisotopic (exact) mass is 257 g/mol. The number of nitrogens with zero attached hydrogens (tertiary/aromatic N) is 1. The van der Waals surface area contributed by atoms with Gasteiger partial charge in [0.25, 0.3) is 0 Å². The van der Waals surface area contributed by atoms with Gasteiger partial charge in [0, 0.05) is 7.05 Å². The van der Waals surface area contributed by atoms with E-state index in [0.29, 0.717) is 0 Å². The Morgan fingerprint density at radius 1 is 1.16 bits per heavy atom. The maximum absolute atomic E-state index is 9.48. The second-order valence-electron chi connectivity index (χ2n) is 4.43. The summed E-state index contributed by atoms with van der Waals surface area (Å²) in [5.74, 6) is 0. The summed E-state index contributed by atoms with van der Waals surface area (Å²) < 4.78 is 0. The van der Waals surface area contributed by atoms with E-state index in [1.54, 1.807) is 12.4 Å². The molecule has 2 rings (SSSR count). The Kier molecular flexibility index (Phi) is 4.75. The minimum Gasteiger partial charge on any atom is -0.394 e. The molecule has 0 fully saturated rings. The summed E-state index contributed by atoms with van der Waals surface area (Å²) in [6.07, 6.45) is 4.30. The molecule has 0 aliphatic rings. The minimum absolute atomic E-state index is 0.0173. The van der Waals surface area contributed by atoms with Gasteiger partial charge in [0.2, 0.25) is 0 Å². The highest BCUT2D eigenvalue weighted by molar-refractivity contribution is 5.54. The number of pyridine rings is 1. The molecule has 2 aromatic rings. The molecular formula is C15H19N3O. The van der Waals surface area contributed by atoms with E-state index in [4.69, 9.17) is 0 Å². The Morgan fingerprint density at radius 2 is 1.89 bits per heavy atom. The summed E-state index contributed by atoms with van der Waals surface area (Å²) in [5, 5.41) is 15.8. The first-order valence-electron chi connectivity index (χ1n) is 6.36. The summed E-state index contributed by atoms with van der Waals surface area (Å²) in [4.78, 5) is 4.14. The molecule has 1 heterocycles. The number of rotatable bonds is 6. The quantitative estimate of drug-likeness (QED) is 0.742. The Labute approximate surface area is 113 Å². The predicted molar refractivity (Wildman–Crippen MR) is 78.4 cm³/mol. The third-order valence-corrected chi connectivity index (χ3v) is 2.94. The fourth-order valence-electron chi connectivity index (χ4n) is 1.95. The van der Waals surface area contributed by atoms with Crippen LogP contribution in [0.25, 0.3) is 0 Å². The maximum Gasteiger partial charge on any atom is 0.0636 e. The van der Waals surface area contributed by atoms with Crippen LogP contribution in [0.15, 0.2) is 48.8 Å². The van der Waals surface area contributed by atoms with E-state index in [1.165, 1.54) is 5.56 Å². The first kappa shape index (κ1) is 13.4. The molecule has 100 valence electrons. The fraction of sp³-hybridized carbons (Fsp3) is 0.267. The zero-order valence-corrected chi connectivity index (χ0v) is 11.0. The second-order valence-corrected chi connectivity index (χ2v) is 4.43. The lowest BCUT2D eigenvalue weighted by Gasteiger charge is -2.18. The lowest BCUT2D eigenvalue weighted by molar-refractivity contribution is 0.273. The van der Waals surface area contributed by atoms with E-state index >= 15 is 0 Å². The van der Waals surface area contributed by atoms with E-state index in [0.717, 1.165) is 17.8 Å². The molecule has 0 spiro atoms. The Bertz CT molecular complexity index is 502. The number of aliphatic hydroxyl groups excluding tert-OH is 1. The van der Waals surface area contributed by atoms with Gasteiger partial charge in [-0.2, -0.15) is 0 Å². The zero-order chi connectivity index (χ0) is 13.5. The van der Waals surface area contributed by atoms with Crippen LogP contribution < -0.4 is 10.6 Å². The second kappa shape index (κ2) is 6.75. The van der Waals surface area contributed by atoms with E-state index in [9.17, 15) is 5.11 Å². The van der Waals surface area contributed by atoms with Crippen LogP contribution in [0.3, 0.4) is 0 Å². The molecule has 3 N–H and O–H groups in total. The fourth-order valence-corrected chi connectivity index (χ4v) is 1.95. The van der Waals surface area contributed by atoms with E-state index in [-0.39, 0.29) is 12.6 Å². The van der Waals surface area contributed by atoms with Crippen molar-refractivity contribution in [2.75, 3.05) is 24.3 Å². The molecular weight excluding hydrogens is 238 g/mol. The van der Waals surface area contributed by atoms with Gasteiger partial charge in [0.05, 0.1) is 36.4 Å². The lowest BCUT2D eigenvalue weighted by atomic mass is 10.1. The highest BCUT2D eigenvalue weighted by Crippen LogP contribution is 2.14. The topological polar surface area (TPSA) is 57.2 Å². The van der Waals surface area contributed by atoms with Crippen LogP contribution in [0.1, 0.15) is 5.56 Å². The largest absolute Gasteiger partial charge is 0.394 e. The van der Waals surface area contributed by atoms with Crippen molar-refractivity contribution in [3.8, 4) is 0 Å². The molecule has 0 amide bonds. The van der Waals surface area contributed by atoms with Crippen molar-refractivity contribution in [2.24, 2.45) is 0 Å². The average Bonchev–Trinajstić information content (AvgIpc) is 2.48. The molecule has 1 atom stereocenters. The van der Waals surface area contributed by atoms with Crippen molar-refractivity contribution in [2.45, 2.75) is 12.5 Å². The van der Waals surface area contributed by atoms with Crippen molar-refractivity contribution < 1.29 is 5.11 Å². The van der Waals surface area contributed by atoms with Crippen LogP contribution in [0.5, 0.6) is 0 Å². The molecule has 1 aromatic carbocycles. The number of nitrogens with one attached hydrogen (secondary N) is 2. The van der Waals surface area contributed by atoms with Gasteiger partial charge in [0.1, 0.15) is 0 Å². The summed E-state index contributed by atoms with van der Waals surface area (Å²) in [7, 11) is 1.86. The average molecular weight is 257 g/mol. The normalized spacial score (nSPS) is 11.9. The van der Waals surface area contributed by atoms with Crippen molar-refractivity contribution in [1.82, 2.24) is 4.98 Å². The molecule has 0 bridgehead atoms. The predicted octanol–water partition coefficient (Wildman–Crippen LogP) is 2.14. The van der Waals surface area contributed by atoms with Crippen LogP contribution in [-0.4, -0.2) is 29.8 Å². The van der Waals surface area contributed by atoms with E-state index < -0.39 is 0 Å². The Hall–Kier alpha value is -2.07. The molecule has 0 aliphatic carbocycles. The Morgan fingerprint density at radius 3 is 2.58 bits per heavy atom. The third-order valence-electron chi connectivity index (χ3n) is 2.94. The van der Waals surface area contributed by atoms with Crippen LogP contribution in [0, 0.1) is 0 Å². The number of hydrogen-bond donors (Lipinski definition) is 3. The summed E-state index contributed by atoms with van der Waals surface area (Å²) in [6.45, 7) is 0.0820. The molecule has 19 heavy (non-hydrogen) atoms. The molecule has 0 saturated carbocycles. The lowest BCUT2D eigenvalue weighted by Crippen LogP contribution is -2.26. The smallest absolute Gasteiger partial charge is 0.0636 e. The van der Waals surface area contributed by atoms with Gasteiger partial charge in [0.15, 0.2) is 0 Å². The van der Waals surface area contributed by atoms with Gasteiger partial charge in [-0.1, -0.05) is 30.3 Å². The molecule has 4 nitrogen and oxygen atoms in total. The van der Waals surface area contributed by atoms with E-state index in [1.807, 2.05) is 31.3 Å². The van der Waals surface area contributed by atoms with Gasteiger partial charge in [-0.15, -0.1) is 0 Å². The summed E-state index contributed by atoms with van der Waals surface area (Å²) >= 11 is 0. The van der Waals surface area contributed by atoms with Crippen molar-refractivity contribution in [1.29, 1.82) is 0 Å². The van der Waals surface area contributed by atoms with Gasteiger partial charge in [-0.25, -0.2) is 0 Å². The van der Waals surface area contributed by atoms with Crippen LogP contribution in [-0.2, 0) is 6.42 Å². The van der Waals surface area contributed by atoms with Crippen LogP contribution in [0.2, 0.25) is 0 Å². The highest BCUT2D eigenvalue weighted by Gasteiger charge is 2.08. The number of anilines is 2. The first-order valence-corrected chi connectivity index (χ1v) is 6.36. The summed E-state index contributed by atoms with van der Waals surface area (Å²) in [6, 6.07) is 12.1. The SMILES string of the molecule is CNc1cncc(NC(CO)Cc2ccccc2)c1. The zero-order valence-electron chi connectivity index (χ0n) is 11.0. The molecule has 4 heteroatoms. The number of hydrogen-bond acceptors (Lipinski definition) is 4. The van der Waals surface area contributed by atoms with Crippen molar-refractivity contribution in [3.63, 3.8) is 0 Å². The third kappa shape index (κ3) is 3.96. The van der Waals surface area contributed by atoms with E-state index in [2.05, 4.69) is 27.8 Å². The number of aliphatic hydroxyl groups is 1. The molecule has 0 saturated heterocycles. The first-order chi connectivity index (χ1) is 9.31. The van der Waals surface area contributed by atoms with Crippen LogP contribution in [0.4, 0.5) is 11.4 Å².